The second-order valence-corrected chi connectivity index (χ2v) is 5.20. The zero-order chi connectivity index (χ0) is 14.7. The molecule has 2 N–H and O–H groups in total. The molecule has 1 aromatic heterocycles. The first kappa shape index (κ1) is 14.3. The number of likely N-dealkylation sites (tertiary alicyclic amines) is 1. The van der Waals surface area contributed by atoms with Crippen molar-refractivity contribution in [2.75, 3.05) is 32.5 Å². The number of aromatic amines is 1. The third kappa shape index (κ3) is 3.25. The van der Waals surface area contributed by atoms with Crippen LogP contribution in [0.3, 0.4) is 0 Å². The molecule has 0 radical (unpaired) electrons. The van der Waals surface area contributed by atoms with Crippen molar-refractivity contribution in [2.24, 2.45) is 5.92 Å². The summed E-state index contributed by atoms with van der Waals surface area (Å²) in [6, 6.07) is -0.0590. The highest BCUT2D eigenvalue weighted by Crippen LogP contribution is 2.18. The number of rotatable bonds is 2. The van der Waals surface area contributed by atoms with Crippen molar-refractivity contribution in [3.63, 3.8) is 0 Å². The van der Waals surface area contributed by atoms with Gasteiger partial charge in [0.25, 0.3) is 0 Å². The number of nitrogens with zero attached hydrogens (tertiary/aromatic N) is 4. The molecule has 1 aliphatic rings. The minimum atomic E-state index is -0.216. The summed E-state index contributed by atoms with van der Waals surface area (Å²) in [6.45, 7) is 2.90. The number of piperidine rings is 1. The number of aromatic nitrogens is 3. The Morgan fingerprint density at radius 2 is 2.20 bits per heavy atom. The van der Waals surface area contributed by atoms with E-state index in [-0.39, 0.29) is 23.8 Å². The number of H-pyrrole nitrogens is 1. The van der Waals surface area contributed by atoms with Gasteiger partial charge in [0.15, 0.2) is 0 Å². The standard InChI is InChI=1S/C12H20N6O2/c1-8-13-11(16-15-8)14-10(19)9-5-4-6-18(7-9)12(20)17(2)3/h9H,4-7H2,1-3H3,(H2,13,14,15,16,19). The molecule has 0 aromatic carbocycles. The van der Waals surface area contributed by atoms with E-state index in [1.165, 1.54) is 4.90 Å². The first-order valence-corrected chi connectivity index (χ1v) is 6.63. The molecular weight excluding hydrogens is 260 g/mol. The number of nitrogens with one attached hydrogen (secondary N) is 2. The predicted octanol–water partition coefficient (Wildman–Crippen LogP) is 0.445. The lowest BCUT2D eigenvalue weighted by Gasteiger charge is -2.33. The lowest BCUT2D eigenvalue weighted by atomic mass is 9.97. The SMILES string of the molecule is Cc1nc(NC(=O)C2CCCN(C(=O)N(C)C)C2)n[nH]1. The molecule has 3 amide bonds. The van der Waals surface area contributed by atoms with Crippen LogP contribution in [-0.2, 0) is 4.79 Å². The van der Waals surface area contributed by atoms with Crippen LogP contribution in [0.5, 0.6) is 0 Å². The number of hydrogen-bond acceptors (Lipinski definition) is 4. The molecule has 1 saturated heterocycles. The highest BCUT2D eigenvalue weighted by Gasteiger charge is 2.29. The van der Waals surface area contributed by atoms with Crippen LogP contribution < -0.4 is 5.32 Å². The molecule has 1 fully saturated rings. The van der Waals surface area contributed by atoms with Crippen LogP contribution in [0.2, 0.25) is 0 Å². The Balaban J connectivity index is 1.94. The first-order chi connectivity index (χ1) is 9.47. The maximum Gasteiger partial charge on any atom is 0.319 e. The molecule has 0 spiro atoms. The minimum absolute atomic E-state index is 0.0590. The predicted molar refractivity (Wildman–Crippen MR) is 73.1 cm³/mol. The number of carbonyl (C=O) groups excluding carboxylic acids is 2. The van der Waals surface area contributed by atoms with Crippen molar-refractivity contribution < 1.29 is 9.59 Å². The van der Waals surface area contributed by atoms with Crippen LogP contribution in [0.15, 0.2) is 0 Å². The van der Waals surface area contributed by atoms with Crippen LogP contribution >= 0.6 is 0 Å². The first-order valence-electron chi connectivity index (χ1n) is 6.63. The Hall–Kier alpha value is -2.12. The molecule has 1 aromatic rings. The zero-order valence-electron chi connectivity index (χ0n) is 12.0. The molecular formula is C12H20N6O2. The Morgan fingerprint density at radius 1 is 1.45 bits per heavy atom. The summed E-state index contributed by atoms with van der Waals surface area (Å²) in [6.07, 6.45) is 1.59. The van der Waals surface area contributed by atoms with Gasteiger partial charge in [-0.3, -0.25) is 15.2 Å². The van der Waals surface area contributed by atoms with Crippen molar-refractivity contribution in [1.82, 2.24) is 25.0 Å². The van der Waals surface area contributed by atoms with E-state index < -0.39 is 0 Å². The van der Waals surface area contributed by atoms with Crippen molar-refractivity contribution in [3.8, 4) is 0 Å². The fourth-order valence-electron chi connectivity index (χ4n) is 2.26. The quantitative estimate of drug-likeness (QED) is 0.822. The molecule has 0 bridgehead atoms. The summed E-state index contributed by atoms with van der Waals surface area (Å²) < 4.78 is 0. The second-order valence-electron chi connectivity index (χ2n) is 5.20. The van der Waals surface area contributed by atoms with Crippen LogP contribution in [0.25, 0.3) is 0 Å². The normalized spacial score (nSPS) is 18.8. The monoisotopic (exact) mass is 280 g/mol. The number of hydrogen-bond donors (Lipinski definition) is 2. The van der Waals surface area contributed by atoms with Gasteiger partial charge in [-0.2, -0.15) is 4.98 Å². The summed E-state index contributed by atoms with van der Waals surface area (Å²) in [5.41, 5.74) is 0. The molecule has 1 aliphatic heterocycles. The highest BCUT2D eigenvalue weighted by atomic mass is 16.2. The van der Waals surface area contributed by atoms with Gasteiger partial charge in [0.05, 0.1) is 5.92 Å². The van der Waals surface area contributed by atoms with Crippen LogP contribution in [0, 0.1) is 12.8 Å². The Bertz CT molecular complexity index is 498. The topological polar surface area (TPSA) is 94.2 Å². The average Bonchev–Trinajstić information content (AvgIpc) is 2.83. The second kappa shape index (κ2) is 5.89. The number of anilines is 1. The maximum atomic E-state index is 12.2. The largest absolute Gasteiger partial charge is 0.331 e. The zero-order valence-corrected chi connectivity index (χ0v) is 12.0. The van der Waals surface area contributed by atoms with Gasteiger partial charge in [-0.25, -0.2) is 4.79 Å². The molecule has 20 heavy (non-hydrogen) atoms. The van der Waals surface area contributed by atoms with Crippen molar-refractivity contribution in [3.05, 3.63) is 5.82 Å². The molecule has 110 valence electrons. The van der Waals surface area contributed by atoms with Gasteiger partial charge in [0, 0.05) is 27.2 Å². The van der Waals surface area contributed by atoms with Crippen molar-refractivity contribution in [2.45, 2.75) is 19.8 Å². The third-order valence-electron chi connectivity index (χ3n) is 3.28. The lowest BCUT2D eigenvalue weighted by molar-refractivity contribution is -0.121. The van der Waals surface area contributed by atoms with Crippen LogP contribution in [0.1, 0.15) is 18.7 Å². The summed E-state index contributed by atoms with van der Waals surface area (Å²) in [7, 11) is 3.42. The van der Waals surface area contributed by atoms with Crippen molar-refractivity contribution >= 4 is 17.9 Å². The fraction of sp³-hybridized carbons (Fsp3) is 0.667. The van der Waals surface area contributed by atoms with E-state index in [0.29, 0.717) is 18.9 Å². The summed E-state index contributed by atoms with van der Waals surface area (Å²) in [4.78, 5) is 31.3. The van der Waals surface area contributed by atoms with Gasteiger partial charge in [-0.1, -0.05) is 0 Å². The average molecular weight is 280 g/mol. The van der Waals surface area contributed by atoms with E-state index in [4.69, 9.17) is 0 Å². The molecule has 1 unspecified atom stereocenters. The molecule has 8 nitrogen and oxygen atoms in total. The minimum Gasteiger partial charge on any atom is -0.331 e. The summed E-state index contributed by atoms with van der Waals surface area (Å²) in [5, 5.41) is 9.23. The Kier molecular flexibility index (Phi) is 4.21. The Morgan fingerprint density at radius 3 is 2.80 bits per heavy atom. The van der Waals surface area contributed by atoms with Crippen LogP contribution in [0.4, 0.5) is 10.7 Å². The van der Waals surface area contributed by atoms with Gasteiger partial charge in [0.2, 0.25) is 11.9 Å². The maximum absolute atomic E-state index is 12.2. The number of aryl methyl sites for hydroxylation is 1. The van der Waals surface area contributed by atoms with Gasteiger partial charge < -0.3 is 9.80 Å². The summed E-state index contributed by atoms with van der Waals surface area (Å²) in [5.74, 6) is 0.573. The van der Waals surface area contributed by atoms with E-state index in [1.54, 1.807) is 25.9 Å². The number of urea groups is 1. The van der Waals surface area contributed by atoms with Gasteiger partial charge in [0.1, 0.15) is 5.82 Å². The molecule has 2 heterocycles. The molecule has 0 aliphatic carbocycles. The van der Waals surface area contributed by atoms with Crippen LogP contribution in [-0.4, -0.2) is 64.1 Å². The third-order valence-corrected chi connectivity index (χ3v) is 3.28. The van der Waals surface area contributed by atoms with E-state index in [1.807, 2.05) is 0 Å². The lowest BCUT2D eigenvalue weighted by Crippen LogP contribution is -2.47. The number of carbonyl (C=O) groups is 2. The van der Waals surface area contributed by atoms with Gasteiger partial charge in [-0.05, 0) is 19.8 Å². The number of amides is 3. The van der Waals surface area contributed by atoms with E-state index in [0.717, 1.165) is 12.8 Å². The molecule has 2 rings (SSSR count). The molecule has 1 atom stereocenters. The smallest absolute Gasteiger partial charge is 0.319 e. The van der Waals surface area contributed by atoms with Gasteiger partial charge >= 0.3 is 6.03 Å². The van der Waals surface area contributed by atoms with E-state index >= 15 is 0 Å². The van der Waals surface area contributed by atoms with Gasteiger partial charge in [-0.15, -0.1) is 5.10 Å². The highest BCUT2D eigenvalue weighted by molar-refractivity contribution is 5.91. The molecule has 0 saturated carbocycles. The molecule has 8 heteroatoms. The fourth-order valence-corrected chi connectivity index (χ4v) is 2.26. The summed E-state index contributed by atoms with van der Waals surface area (Å²) >= 11 is 0. The Labute approximate surface area is 117 Å². The van der Waals surface area contributed by atoms with Crippen molar-refractivity contribution in [1.29, 1.82) is 0 Å². The van der Waals surface area contributed by atoms with E-state index in [9.17, 15) is 9.59 Å². The van der Waals surface area contributed by atoms with E-state index in [2.05, 4.69) is 20.5 Å².